The van der Waals surface area contributed by atoms with Gasteiger partial charge in [-0.3, -0.25) is 4.68 Å². The molecule has 0 aliphatic heterocycles. The van der Waals surface area contributed by atoms with Gasteiger partial charge in [0.15, 0.2) is 0 Å². The minimum atomic E-state index is 0.358. The standard InChI is InChI=1S/C13H16ClN3/c1-9(2)16-12-6-4-5-11(13(12)14)10-7-15-17(3)8-10/h4-9,16H,1-3H3. The van der Waals surface area contributed by atoms with Crippen molar-refractivity contribution in [2.75, 3.05) is 5.32 Å². The molecule has 3 nitrogen and oxygen atoms in total. The first-order chi connectivity index (χ1) is 8.08. The molecule has 4 heteroatoms. The van der Waals surface area contributed by atoms with Crippen LogP contribution in [0.5, 0.6) is 0 Å². The number of hydrogen-bond donors (Lipinski definition) is 1. The van der Waals surface area contributed by atoms with Gasteiger partial charge < -0.3 is 5.32 Å². The van der Waals surface area contributed by atoms with Gasteiger partial charge >= 0.3 is 0 Å². The topological polar surface area (TPSA) is 29.9 Å². The third-order valence-corrected chi connectivity index (χ3v) is 2.87. The van der Waals surface area contributed by atoms with Gasteiger partial charge in [0.25, 0.3) is 0 Å². The fourth-order valence-corrected chi connectivity index (χ4v) is 2.03. The molecular formula is C13H16ClN3. The van der Waals surface area contributed by atoms with E-state index in [1.807, 2.05) is 37.6 Å². The van der Waals surface area contributed by atoms with E-state index >= 15 is 0 Å². The second-order valence-corrected chi connectivity index (χ2v) is 4.75. The monoisotopic (exact) mass is 249 g/mol. The van der Waals surface area contributed by atoms with Crippen LogP contribution < -0.4 is 5.32 Å². The van der Waals surface area contributed by atoms with Crippen LogP contribution in [-0.4, -0.2) is 15.8 Å². The lowest BCUT2D eigenvalue weighted by Crippen LogP contribution is -2.10. The molecule has 90 valence electrons. The molecule has 1 heterocycles. The lowest BCUT2D eigenvalue weighted by molar-refractivity contribution is 0.768. The average molecular weight is 250 g/mol. The summed E-state index contributed by atoms with van der Waals surface area (Å²) in [5.41, 5.74) is 3.00. The first-order valence-electron chi connectivity index (χ1n) is 5.62. The van der Waals surface area contributed by atoms with Crippen LogP contribution in [0.1, 0.15) is 13.8 Å². The Morgan fingerprint density at radius 1 is 1.35 bits per heavy atom. The number of nitrogens with one attached hydrogen (secondary N) is 1. The lowest BCUT2D eigenvalue weighted by Gasteiger charge is -2.13. The van der Waals surface area contributed by atoms with Crippen LogP contribution >= 0.6 is 11.6 Å². The summed E-state index contributed by atoms with van der Waals surface area (Å²) in [5, 5.41) is 8.24. The molecule has 1 N–H and O–H groups in total. The zero-order valence-corrected chi connectivity index (χ0v) is 11.0. The van der Waals surface area contributed by atoms with E-state index in [1.54, 1.807) is 4.68 Å². The number of halogens is 1. The Morgan fingerprint density at radius 3 is 2.71 bits per heavy atom. The van der Waals surface area contributed by atoms with Crippen molar-refractivity contribution in [3.05, 3.63) is 35.6 Å². The van der Waals surface area contributed by atoms with Crippen LogP contribution in [0.4, 0.5) is 5.69 Å². The minimum absolute atomic E-state index is 0.358. The Hall–Kier alpha value is -1.48. The van der Waals surface area contributed by atoms with E-state index in [0.717, 1.165) is 21.8 Å². The Morgan fingerprint density at radius 2 is 2.12 bits per heavy atom. The highest BCUT2D eigenvalue weighted by Gasteiger charge is 2.09. The van der Waals surface area contributed by atoms with Crippen molar-refractivity contribution < 1.29 is 0 Å². The molecule has 0 saturated heterocycles. The summed E-state index contributed by atoms with van der Waals surface area (Å²) in [6.07, 6.45) is 3.78. The van der Waals surface area contributed by atoms with E-state index in [2.05, 4.69) is 24.3 Å². The van der Waals surface area contributed by atoms with E-state index in [0.29, 0.717) is 6.04 Å². The lowest BCUT2D eigenvalue weighted by atomic mass is 10.1. The molecule has 2 rings (SSSR count). The highest BCUT2D eigenvalue weighted by Crippen LogP contribution is 2.33. The summed E-state index contributed by atoms with van der Waals surface area (Å²) in [7, 11) is 1.90. The van der Waals surface area contributed by atoms with E-state index < -0.39 is 0 Å². The van der Waals surface area contributed by atoms with Gasteiger partial charge in [0.2, 0.25) is 0 Å². The number of anilines is 1. The third-order valence-electron chi connectivity index (χ3n) is 2.46. The van der Waals surface area contributed by atoms with Gasteiger partial charge in [0.05, 0.1) is 16.9 Å². The molecule has 17 heavy (non-hydrogen) atoms. The smallest absolute Gasteiger partial charge is 0.0717 e. The summed E-state index contributed by atoms with van der Waals surface area (Å²) >= 11 is 6.40. The average Bonchev–Trinajstić information content (AvgIpc) is 2.67. The van der Waals surface area contributed by atoms with E-state index in [4.69, 9.17) is 11.6 Å². The van der Waals surface area contributed by atoms with Crippen molar-refractivity contribution in [2.45, 2.75) is 19.9 Å². The quantitative estimate of drug-likeness (QED) is 0.902. The predicted molar refractivity (Wildman–Crippen MR) is 72.4 cm³/mol. The molecule has 1 aromatic heterocycles. The molecule has 1 aromatic carbocycles. The largest absolute Gasteiger partial charge is 0.382 e. The van der Waals surface area contributed by atoms with Crippen LogP contribution in [-0.2, 0) is 7.05 Å². The van der Waals surface area contributed by atoms with Gasteiger partial charge in [-0.05, 0) is 19.9 Å². The van der Waals surface area contributed by atoms with E-state index in [-0.39, 0.29) is 0 Å². The Balaban J connectivity index is 2.42. The van der Waals surface area contributed by atoms with Gasteiger partial charge in [-0.1, -0.05) is 23.7 Å². The number of rotatable bonds is 3. The second-order valence-electron chi connectivity index (χ2n) is 4.37. The Kier molecular flexibility index (Phi) is 3.38. The van der Waals surface area contributed by atoms with Gasteiger partial charge in [0.1, 0.15) is 0 Å². The summed E-state index contributed by atoms with van der Waals surface area (Å²) < 4.78 is 1.77. The minimum Gasteiger partial charge on any atom is -0.382 e. The SMILES string of the molecule is CC(C)Nc1cccc(-c2cnn(C)c2)c1Cl. The Bertz CT molecular complexity index is 517. The second kappa shape index (κ2) is 4.80. The molecular weight excluding hydrogens is 234 g/mol. The fraction of sp³-hybridized carbons (Fsp3) is 0.308. The summed E-state index contributed by atoms with van der Waals surface area (Å²) in [6, 6.07) is 6.35. The van der Waals surface area contributed by atoms with Gasteiger partial charge in [-0.25, -0.2) is 0 Å². The number of nitrogens with zero attached hydrogens (tertiary/aromatic N) is 2. The highest BCUT2D eigenvalue weighted by atomic mass is 35.5. The van der Waals surface area contributed by atoms with Crippen molar-refractivity contribution in [3.63, 3.8) is 0 Å². The van der Waals surface area contributed by atoms with Crippen molar-refractivity contribution in [1.29, 1.82) is 0 Å². The van der Waals surface area contributed by atoms with E-state index in [9.17, 15) is 0 Å². The molecule has 0 aliphatic rings. The Labute approximate surface area is 106 Å². The maximum Gasteiger partial charge on any atom is 0.0717 e. The molecule has 0 spiro atoms. The predicted octanol–water partition coefficient (Wildman–Crippen LogP) is 3.56. The molecule has 0 aliphatic carbocycles. The highest BCUT2D eigenvalue weighted by molar-refractivity contribution is 6.36. The van der Waals surface area contributed by atoms with Crippen molar-refractivity contribution >= 4 is 17.3 Å². The number of hydrogen-bond acceptors (Lipinski definition) is 2. The molecule has 0 radical (unpaired) electrons. The summed E-state index contributed by atoms with van der Waals surface area (Å²) in [6.45, 7) is 4.18. The maximum absolute atomic E-state index is 6.40. The van der Waals surface area contributed by atoms with Crippen molar-refractivity contribution in [3.8, 4) is 11.1 Å². The first-order valence-corrected chi connectivity index (χ1v) is 6.00. The van der Waals surface area contributed by atoms with Crippen molar-refractivity contribution in [1.82, 2.24) is 9.78 Å². The molecule has 0 amide bonds. The molecule has 0 bridgehead atoms. The summed E-state index contributed by atoms with van der Waals surface area (Å²) in [4.78, 5) is 0. The van der Waals surface area contributed by atoms with Crippen LogP contribution in [0.3, 0.4) is 0 Å². The molecule has 0 fully saturated rings. The van der Waals surface area contributed by atoms with Crippen LogP contribution in [0.2, 0.25) is 5.02 Å². The molecule has 0 saturated carbocycles. The van der Waals surface area contributed by atoms with Gasteiger partial charge in [-0.15, -0.1) is 0 Å². The zero-order valence-electron chi connectivity index (χ0n) is 10.2. The number of aromatic nitrogens is 2. The molecule has 0 atom stereocenters. The fourth-order valence-electron chi connectivity index (χ4n) is 1.74. The zero-order chi connectivity index (χ0) is 12.4. The maximum atomic E-state index is 6.40. The van der Waals surface area contributed by atoms with Crippen LogP contribution in [0.25, 0.3) is 11.1 Å². The third kappa shape index (κ3) is 2.61. The van der Waals surface area contributed by atoms with Gasteiger partial charge in [-0.2, -0.15) is 5.10 Å². The molecule has 0 unspecified atom stereocenters. The van der Waals surface area contributed by atoms with Crippen LogP contribution in [0.15, 0.2) is 30.6 Å². The van der Waals surface area contributed by atoms with Crippen molar-refractivity contribution in [2.24, 2.45) is 7.05 Å². The van der Waals surface area contributed by atoms with Crippen LogP contribution in [0, 0.1) is 0 Å². The molecule has 2 aromatic rings. The summed E-state index contributed by atoms with van der Waals surface area (Å²) in [5.74, 6) is 0. The first kappa shape index (κ1) is 12.0. The normalized spacial score (nSPS) is 10.9. The van der Waals surface area contributed by atoms with Gasteiger partial charge in [0, 0.05) is 30.4 Å². The van der Waals surface area contributed by atoms with E-state index in [1.165, 1.54) is 0 Å². The number of benzene rings is 1. The number of aryl methyl sites for hydroxylation is 1.